The summed E-state index contributed by atoms with van der Waals surface area (Å²) in [5.74, 6) is 0. The van der Waals surface area contributed by atoms with Gasteiger partial charge in [0.05, 0.1) is 18.1 Å². The summed E-state index contributed by atoms with van der Waals surface area (Å²) < 4.78 is 32.7. The zero-order chi connectivity index (χ0) is 15.5. The second kappa shape index (κ2) is 6.87. The number of ether oxygens (including phenoxy) is 1. The molecule has 0 saturated carbocycles. The number of aryl methyl sites for hydroxylation is 1. The highest BCUT2D eigenvalue weighted by molar-refractivity contribution is 7.89. The van der Waals surface area contributed by atoms with Crippen LogP contribution in [-0.4, -0.2) is 45.6 Å². The van der Waals surface area contributed by atoms with Crippen LogP contribution in [0.1, 0.15) is 24.5 Å². The van der Waals surface area contributed by atoms with Gasteiger partial charge in [0.15, 0.2) is 0 Å². The van der Waals surface area contributed by atoms with Gasteiger partial charge < -0.3 is 10.1 Å². The van der Waals surface area contributed by atoms with Gasteiger partial charge in [0.25, 0.3) is 0 Å². The lowest BCUT2D eigenvalue weighted by Gasteiger charge is -2.34. The molecule has 5 nitrogen and oxygen atoms in total. The number of nitrogens with one attached hydrogen (secondary N) is 1. The number of sulfonamides is 1. The average Bonchev–Trinajstić information content (AvgIpc) is 2.49. The molecule has 0 amide bonds. The molecule has 0 aromatic heterocycles. The van der Waals surface area contributed by atoms with Gasteiger partial charge in [-0.05, 0) is 43.7 Å². The van der Waals surface area contributed by atoms with Crippen molar-refractivity contribution in [3.63, 3.8) is 0 Å². The van der Waals surface area contributed by atoms with Gasteiger partial charge >= 0.3 is 0 Å². The molecule has 1 aromatic rings. The molecule has 1 fully saturated rings. The van der Waals surface area contributed by atoms with E-state index < -0.39 is 10.0 Å². The molecule has 1 N–H and O–H groups in total. The van der Waals surface area contributed by atoms with Crippen molar-refractivity contribution in [2.45, 2.75) is 37.8 Å². The van der Waals surface area contributed by atoms with E-state index in [1.165, 1.54) is 0 Å². The van der Waals surface area contributed by atoms with Gasteiger partial charge in [0.1, 0.15) is 0 Å². The van der Waals surface area contributed by atoms with Crippen LogP contribution in [0.5, 0.6) is 0 Å². The standard InChI is InChI=1S/C15H24N2O3S/c1-4-14-11-20-8-7-17(14)21(18,19)15-6-5-12(2)13(9-15)10-16-3/h5-6,9,14,16H,4,7-8,10-11H2,1-3H3. The molecule has 6 heteroatoms. The predicted molar refractivity (Wildman–Crippen MR) is 82.7 cm³/mol. The van der Waals surface area contributed by atoms with E-state index in [0.29, 0.717) is 31.2 Å². The molecule has 1 unspecified atom stereocenters. The Kier molecular flexibility index (Phi) is 5.37. The second-order valence-corrected chi connectivity index (χ2v) is 7.26. The number of hydrogen-bond acceptors (Lipinski definition) is 4. The molecule has 1 aliphatic heterocycles. The van der Waals surface area contributed by atoms with Crippen molar-refractivity contribution in [3.05, 3.63) is 29.3 Å². The third-order valence-corrected chi connectivity index (χ3v) is 5.89. The molecule has 1 atom stereocenters. The summed E-state index contributed by atoms with van der Waals surface area (Å²) in [5.41, 5.74) is 2.11. The predicted octanol–water partition coefficient (Wildman–Crippen LogP) is 1.51. The van der Waals surface area contributed by atoms with E-state index in [0.717, 1.165) is 17.5 Å². The van der Waals surface area contributed by atoms with Crippen molar-refractivity contribution in [3.8, 4) is 0 Å². The zero-order valence-corrected chi connectivity index (χ0v) is 13.7. The molecule has 0 radical (unpaired) electrons. The number of nitrogens with zero attached hydrogens (tertiary/aromatic N) is 1. The van der Waals surface area contributed by atoms with Crippen molar-refractivity contribution < 1.29 is 13.2 Å². The van der Waals surface area contributed by atoms with Gasteiger partial charge in [-0.1, -0.05) is 13.0 Å². The lowest BCUT2D eigenvalue weighted by Crippen LogP contribution is -2.48. The van der Waals surface area contributed by atoms with E-state index in [2.05, 4.69) is 5.32 Å². The van der Waals surface area contributed by atoms with Gasteiger partial charge in [-0.25, -0.2) is 8.42 Å². The zero-order valence-electron chi connectivity index (χ0n) is 12.9. The number of benzene rings is 1. The van der Waals surface area contributed by atoms with Crippen LogP contribution in [0.25, 0.3) is 0 Å². The van der Waals surface area contributed by atoms with Crippen LogP contribution in [0.2, 0.25) is 0 Å². The monoisotopic (exact) mass is 312 g/mol. The molecule has 0 spiro atoms. The molecule has 0 aliphatic carbocycles. The third kappa shape index (κ3) is 3.45. The number of hydrogen-bond donors (Lipinski definition) is 1. The Morgan fingerprint density at radius 3 is 2.86 bits per heavy atom. The molecule has 1 heterocycles. The molecule has 1 aliphatic rings. The Bertz CT molecular complexity index is 587. The van der Waals surface area contributed by atoms with Crippen LogP contribution in [0.15, 0.2) is 23.1 Å². The van der Waals surface area contributed by atoms with Gasteiger partial charge in [0, 0.05) is 19.1 Å². The third-order valence-electron chi connectivity index (χ3n) is 3.94. The molecule has 1 aromatic carbocycles. The molecule has 21 heavy (non-hydrogen) atoms. The van der Waals surface area contributed by atoms with E-state index in [-0.39, 0.29) is 6.04 Å². The van der Waals surface area contributed by atoms with E-state index >= 15 is 0 Å². The van der Waals surface area contributed by atoms with Crippen molar-refractivity contribution in [2.75, 3.05) is 26.8 Å². The smallest absolute Gasteiger partial charge is 0.243 e. The lowest BCUT2D eigenvalue weighted by atomic mass is 10.1. The first-order chi connectivity index (χ1) is 10.0. The van der Waals surface area contributed by atoms with Crippen LogP contribution in [0.4, 0.5) is 0 Å². The summed E-state index contributed by atoms with van der Waals surface area (Å²) in [4.78, 5) is 0.374. The Hall–Kier alpha value is -0.950. The highest BCUT2D eigenvalue weighted by Crippen LogP contribution is 2.24. The normalized spacial score (nSPS) is 20.6. The minimum absolute atomic E-state index is 0.0715. The maximum atomic E-state index is 12.9. The van der Waals surface area contributed by atoms with Crippen molar-refractivity contribution in [2.24, 2.45) is 0 Å². The van der Waals surface area contributed by atoms with Crippen molar-refractivity contribution >= 4 is 10.0 Å². The Balaban J connectivity index is 2.36. The van der Waals surface area contributed by atoms with E-state index in [4.69, 9.17) is 4.74 Å². The molecule has 0 bridgehead atoms. The number of morpholine rings is 1. The first-order valence-corrected chi connectivity index (χ1v) is 8.78. The quantitative estimate of drug-likeness (QED) is 0.895. The Morgan fingerprint density at radius 1 is 1.43 bits per heavy atom. The van der Waals surface area contributed by atoms with Crippen molar-refractivity contribution in [1.29, 1.82) is 0 Å². The van der Waals surface area contributed by atoms with E-state index in [1.54, 1.807) is 16.4 Å². The average molecular weight is 312 g/mol. The first kappa shape index (κ1) is 16.4. The molecular formula is C15H24N2O3S. The van der Waals surface area contributed by atoms with Crippen LogP contribution >= 0.6 is 0 Å². The SMILES string of the molecule is CCC1COCCN1S(=O)(=O)c1ccc(C)c(CNC)c1. The molecule has 2 rings (SSSR count). The molecular weight excluding hydrogens is 288 g/mol. The van der Waals surface area contributed by atoms with Gasteiger partial charge in [0.2, 0.25) is 10.0 Å². The maximum Gasteiger partial charge on any atom is 0.243 e. The lowest BCUT2D eigenvalue weighted by molar-refractivity contribution is 0.0314. The Morgan fingerprint density at radius 2 is 2.19 bits per heavy atom. The fourth-order valence-corrected chi connectivity index (χ4v) is 4.32. The van der Waals surface area contributed by atoms with Gasteiger partial charge in [-0.3, -0.25) is 0 Å². The summed E-state index contributed by atoms with van der Waals surface area (Å²) in [6.45, 7) is 6.01. The van der Waals surface area contributed by atoms with E-state index in [1.807, 2.05) is 27.0 Å². The Labute approximate surface area is 127 Å². The van der Waals surface area contributed by atoms with Gasteiger partial charge in [-0.2, -0.15) is 4.31 Å². The summed E-state index contributed by atoms with van der Waals surface area (Å²) in [6.07, 6.45) is 0.758. The second-order valence-electron chi connectivity index (χ2n) is 5.37. The first-order valence-electron chi connectivity index (χ1n) is 7.34. The summed E-state index contributed by atoms with van der Waals surface area (Å²) in [6, 6.07) is 5.29. The van der Waals surface area contributed by atoms with Crippen LogP contribution in [0, 0.1) is 6.92 Å². The van der Waals surface area contributed by atoms with Crippen LogP contribution in [-0.2, 0) is 21.3 Å². The van der Waals surface area contributed by atoms with Gasteiger partial charge in [-0.15, -0.1) is 0 Å². The molecule has 118 valence electrons. The topological polar surface area (TPSA) is 58.6 Å². The van der Waals surface area contributed by atoms with E-state index in [9.17, 15) is 8.42 Å². The summed E-state index contributed by atoms with van der Waals surface area (Å²) in [7, 11) is -1.60. The minimum atomic E-state index is -3.46. The van der Waals surface area contributed by atoms with Crippen LogP contribution in [0.3, 0.4) is 0 Å². The highest BCUT2D eigenvalue weighted by atomic mass is 32.2. The number of rotatable bonds is 5. The molecule has 1 saturated heterocycles. The fraction of sp³-hybridized carbons (Fsp3) is 0.600. The largest absolute Gasteiger partial charge is 0.378 e. The fourth-order valence-electron chi connectivity index (χ4n) is 2.60. The summed E-state index contributed by atoms with van der Waals surface area (Å²) in [5, 5.41) is 3.07. The minimum Gasteiger partial charge on any atom is -0.378 e. The van der Waals surface area contributed by atoms with Crippen LogP contribution < -0.4 is 5.32 Å². The van der Waals surface area contributed by atoms with Crippen molar-refractivity contribution in [1.82, 2.24) is 9.62 Å². The summed E-state index contributed by atoms with van der Waals surface area (Å²) >= 11 is 0. The highest BCUT2D eigenvalue weighted by Gasteiger charge is 2.33. The maximum absolute atomic E-state index is 12.9.